The van der Waals surface area contributed by atoms with E-state index >= 15 is 0 Å². The highest BCUT2D eigenvalue weighted by molar-refractivity contribution is 6.22. The number of hydrogen-bond acceptors (Lipinski definition) is 2. The first-order valence-corrected chi connectivity index (χ1v) is 17.1. The van der Waals surface area contributed by atoms with Crippen molar-refractivity contribution in [3.05, 3.63) is 188 Å². The summed E-state index contributed by atoms with van der Waals surface area (Å²) >= 11 is 0. The Morgan fingerprint density at radius 3 is 1.64 bits per heavy atom. The average Bonchev–Trinajstić information content (AvgIpc) is 3.57. The second-order valence-electron chi connectivity index (χ2n) is 13.0. The lowest BCUT2D eigenvalue weighted by Gasteiger charge is -2.25. The summed E-state index contributed by atoms with van der Waals surface area (Å²) in [4.78, 5) is 2.33. The monoisotopic (exact) mass is 637 g/mol. The van der Waals surface area contributed by atoms with Crippen LogP contribution in [-0.4, -0.2) is 0 Å². The van der Waals surface area contributed by atoms with Crippen LogP contribution in [-0.2, 0) is 0 Å². The van der Waals surface area contributed by atoms with E-state index in [0.717, 1.165) is 44.4 Å². The first kappa shape index (κ1) is 28.4. The lowest BCUT2D eigenvalue weighted by atomic mass is 9.94. The molecule has 0 aliphatic heterocycles. The molecule has 234 valence electrons. The highest BCUT2D eigenvalue weighted by Gasteiger charge is 2.20. The van der Waals surface area contributed by atoms with Crippen molar-refractivity contribution in [1.29, 1.82) is 0 Å². The maximum Gasteiger partial charge on any atom is 0.143 e. The van der Waals surface area contributed by atoms with E-state index in [1.807, 2.05) is 0 Å². The third-order valence-corrected chi connectivity index (χ3v) is 9.99. The smallest absolute Gasteiger partial charge is 0.143 e. The fourth-order valence-corrected chi connectivity index (χ4v) is 7.52. The van der Waals surface area contributed by atoms with Gasteiger partial charge in [-0.1, -0.05) is 127 Å². The van der Waals surface area contributed by atoms with E-state index in [0.29, 0.717) is 0 Å². The summed E-state index contributed by atoms with van der Waals surface area (Å²) in [5.74, 6) is 0. The number of para-hydroxylation sites is 1. The number of anilines is 3. The van der Waals surface area contributed by atoms with Crippen LogP contribution in [0.3, 0.4) is 0 Å². The van der Waals surface area contributed by atoms with Crippen LogP contribution >= 0.6 is 0 Å². The SMILES string of the molecule is c1ccc(N(c2ccc(-c3ccc4ccccc4c3)cc2)c2ccc3oc4c5ccccc5cc(-c5ccc6ccccc6c5)c4c3c2)cc1. The molecule has 1 heterocycles. The molecule has 0 atom stereocenters. The van der Waals surface area contributed by atoms with Gasteiger partial charge in [-0.05, 0) is 110 Å². The summed E-state index contributed by atoms with van der Waals surface area (Å²) < 4.78 is 6.74. The molecule has 0 aliphatic rings. The Kier molecular flexibility index (Phi) is 6.53. The summed E-state index contributed by atoms with van der Waals surface area (Å²) in [6.07, 6.45) is 0. The maximum absolute atomic E-state index is 6.74. The van der Waals surface area contributed by atoms with Gasteiger partial charge in [0.15, 0.2) is 0 Å². The van der Waals surface area contributed by atoms with Gasteiger partial charge in [-0.3, -0.25) is 0 Å². The summed E-state index contributed by atoms with van der Waals surface area (Å²) in [7, 11) is 0. The van der Waals surface area contributed by atoms with Crippen LogP contribution in [0.25, 0.3) is 76.5 Å². The second kappa shape index (κ2) is 11.5. The zero-order valence-electron chi connectivity index (χ0n) is 27.3. The number of furan rings is 1. The van der Waals surface area contributed by atoms with Crippen molar-refractivity contribution in [3.63, 3.8) is 0 Å². The molecule has 0 fully saturated rings. The Hall–Kier alpha value is -6.64. The molecule has 0 N–H and O–H groups in total. The average molecular weight is 638 g/mol. The van der Waals surface area contributed by atoms with Gasteiger partial charge in [0.2, 0.25) is 0 Å². The third kappa shape index (κ3) is 4.73. The van der Waals surface area contributed by atoms with Crippen molar-refractivity contribution >= 4 is 71.3 Å². The highest BCUT2D eigenvalue weighted by Crippen LogP contribution is 2.44. The van der Waals surface area contributed by atoms with Crippen LogP contribution in [0.5, 0.6) is 0 Å². The summed E-state index contributed by atoms with van der Waals surface area (Å²) in [6.45, 7) is 0. The van der Waals surface area contributed by atoms with Crippen molar-refractivity contribution in [1.82, 2.24) is 0 Å². The molecule has 0 saturated heterocycles. The van der Waals surface area contributed by atoms with Gasteiger partial charge in [0, 0.05) is 33.2 Å². The predicted octanol–water partition coefficient (Wildman–Crippen LogP) is 13.8. The van der Waals surface area contributed by atoms with E-state index in [1.165, 1.54) is 49.2 Å². The fraction of sp³-hybridized carbons (Fsp3) is 0. The van der Waals surface area contributed by atoms with Crippen LogP contribution in [0, 0.1) is 0 Å². The quantitative estimate of drug-likeness (QED) is 0.187. The number of fused-ring (bicyclic) bond motifs is 7. The molecule has 10 rings (SSSR count). The molecule has 10 aromatic rings. The molecule has 1 aromatic heterocycles. The topological polar surface area (TPSA) is 16.4 Å². The molecular formula is C48H31NO. The predicted molar refractivity (Wildman–Crippen MR) is 212 cm³/mol. The van der Waals surface area contributed by atoms with Gasteiger partial charge in [-0.2, -0.15) is 0 Å². The molecule has 0 amide bonds. The maximum atomic E-state index is 6.74. The Morgan fingerprint density at radius 1 is 0.340 bits per heavy atom. The van der Waals surface area contributed by atoms with E-state index in [4.69, 9.17) is 4.42 Å². The molecule has 0 bridgehead atoms. The van der Waals surface area contributed by atoms with Crippen molar-refractivity contribution in [2.24, 2.45) is 0 Å². The van der Waals surface area contributed by atoms with E-state index < -0.39 is 0 Å². The highest BCUT2D eigenvalue weighted by atomic mass is 16.3. The van der Waals surface area contributed by atoms with Crippen molar-refractivity contribution in [2.45, 2.75) is 0 Å². The Morgan fingerprint density at radius 2 is 0.900 bits per heavy atom. The van der Waals surface area contributed by atoms with Crippen LogP contribution in [0.15, 0.2) is 192 Å². The minimum absolute atomic E-state index is 0.877. The zero-order valence-corrected chi connectivity index (χ0v) is 27.3. The Balaban J connectivity index is 1.16. The van der Waals surface area contributed by atoms with Crippen LogP contribution < -0.4 is 4.90 Å². The van der Waals surface area contributed by atoms with E-state index in [9.17, 15) is 0 Å². The molecule has 2 nitrogen and oxygen atoms in total. The van der Waals surface area contributed by atoms with Gasteiger partial charge in [0.25, 0.3) is 0 Å². The molecule has 0 spiro atoms. The van der Waals surface area contributed by atoms with Gasteiger partial charge in [-0.15, -0.1) is 0 Å². The van der Waals surface area contributed by atoms with Crippen LogP contribution in [0.2, 0.25) is 0 Å². The largest absolute Gasteiger partial charge is 0.455 e. The molecule has 0 unspecified atom stereocenters. The normalized spacial score (nSPS) is 11.6. The minimum Gasteiger partial charge on any atom is -0.455 e. The standard InChI is InChI=1S/C48H31NO/c1-2-15-40(16-3-1)49(41-24-22-34(23-25-41)37-20-18-32-10-4-6-12-35(32)28-37)42-26-27-46-45(31-42)47-44(30-38-14-8-9-17-43(38)48(47)50-46)39-21-19-33-11-5-7-13-36(33)29-39/h1-31H. The van der Waals surface area contributed by atoms with Gasteiger partial charge < -0.3 is 9.32 Å². The number of nitrogens with zero attached hydrogens (tertiary/aromatic N) is 1. The van der Waals surface area contributed by atoms with E-state index in [1.54, 1.807) is 0 Å². The van der Waals surface area contributed by atoms with Crippen LogP contribution in [0.1, 0.15) is 0 Å². The lowest BCUT2D eigenvalue weighted by Crippen LogP contribution is -2.09. The molecule has 9 aromatic carbocycles. The van der Waals surface area contributed by atoms with Gasteiger partial charge in [0.05, 0.1) is 0 Å². The second-order valence-corrected chi connectivity index (χ2v) is 13.0. The zero-order chi connectivity index (χ0) is 33.0. The first-order chi connectivity index (χ1) is 24.8. The molecule has 0 aliphatic carbocycles. The van der Waals surface area contributed by atoms with E-state index in [-0.39, 0.29) is 0 Å². The third-order valence-electron chi connectivity index (χ3n) is 9.99. The van der Waals surface area contributed by atoms with E-state index in [2.05, 4.69) is 193 Å². The molecule has 50 heavy (non-hydrogen) atoms. The molecule has 0 saturated carbocycles. The molecule has 0 radical (unpaired) electrons. The van der Waals surface area contributed by atoms with Crippen LogP contribution in [0.4, 0.5) is 17.1 Å². The lowest BCUT2D eigenvalue weighted by molar-refractivity contribution is 0.673. The Labute approximate surface area is 290 Å². The molecular weight excluding hydrogens is 607 g/mol. The van der Waals surface area contributed by atoms with Gasteiger partial charge >= 0.3 is 0 Å². The molecule has 2 heteroatoms. The number of benzene rings is 9. The van der Waals surface area contributed by atoms with Gasteiger partial charge in [0.1, 0.15) is 11.2 Å². The van der Waals surface area contributed by atoms with Crippen molar-refractivity contribution in [3.8, 4) is 22.3 Å². The van der Waals surface area contributed by atoms with Crippen molar-refractivity contribution < 1.29 is 4.42 Å². The number of hydrogen-bond donors (Lipinski definition) is 0. The van der Waals surface area contributed by atoms with Crippen molar-refractivity contribution in [2.75, 3.05) is 4.90 Å². The van der Waals surface area contributed by atoms with Gasteiger partial charge in [-0.25, -0.2) is 0 Å². The Bertz CT molecular complexity index is 2870. The first-order valence-electron chi connectivity index (χ1n) is 17.1. The summed E-state index contributed by atoms with van der Waals surface area (Å²) in [5.41, 5.74) is 9.81. The summed E-state index contributed by atoms with van der Waals surface area (Å²) in [5, 5.41) is 9.47. The summed E-state index contributed by atoms with van der Waals surface area (Å²) in [6, 6.07) is 67.5. The fourth-order valence-electron chi connectivity index (χ4n) is 7.52. The minimum atomic E-state index is 0.877. The number of rotatable bonds is 5.